The molecule has 0 saturated carbocycles. The van der Waals surface area contributed by atoms with Gasteiger partial charge in [0.2, 0.25) is 4.80 Å². The molecule has 29 heavy (non-hydrogen) atoms. The minimum absolute atomic E-state index is 0.738. The Labute approximate surface area is 176 Å². The van der Waals surface area contributed by atoms with Gasteiger partial charge in [-0.05, 0) is 81.5 Å². The molecule has 0 N–H and O–H groups in total. The molecule has 1 aliphatic carbocycles. The lowest BCUT2D eigenvalue weighted by atomic mass is 9.86. The highest BCUT2D eigenvalue weighted by Gasteiger charge is 2.19. The van der Waals surface area contributed by atoms with E-state index in [-0.39, 0.29) is 0 Å². The van der Waals surface area contributed by atoms with Crippen molar-refractivity contribution >= 4 is 17.0 Å². The largest absolute Gasteiger partial charge is 0.497 e. The van der Waals surface area contributed by atoms with Crippen molar-refractivity contribution in [3.8, 4) is 17.0 Å². The summed E-state index contributed by atoms with van der Waals surface area (Å²) in [4.78, 5) is 5.63. The van der Waals surface area contributed by atoms with Crippen LogP contribution in [0.5, 0.6) is 5.75 Å². The van der Waals surface area contributed by atoms with Crippen LogP contribution in [0.2, 0.25) is 0 Å². The van der Waals surface area contributed by atoms with Crippen molar-refractivity contribution in [2.75, 3.05) is 13.7 Å². The van der Waals surface area contributed by atoms with Crippen LogP contribution < -0.4 is 9.54 Å². The van der Waals surface area contributed by atoms with Crippen molar-refractivity contribution in [1.29, 1.82) is 0 Å². The molecule has 1 heterocycles. The number of nitrogens with zero attached hydrogens (tertiary/aromatic N) is 3. The number of thiazole rings is 1. The molecule has 1 aliphatic rings. The zero-order valence-corrected chi connectivity index (χ0v) is 18.3. The maximum atomic E-state index is 5.31. The van der Waals surface area contributed by atoms with Gasteiger partial charge in [0.25, 0.3) is 0 Å². The smallest absolute Gasteiger partial charge is 0.206 e. The van der Waals surface area contributed by atoms with E-state index in [4.69, 9.17) is 14.8 Å². The van der Waals surface area contributed by atoms with Crippen LogP contribution in [-0.4, -0.2) is 24.0 Å². The van der Waals surface area contributed by atoms with Crippen LogP contribution in [0.4, 0.5) is 0 Å². The lowest BCUT2D eigenvalue weighted by molar-refractivity contribution is 0.415. The van der Waals surface area contributed by atoms with E-state index in [1.165, 1.54) is 22.3 Å². The summed E-state index contributed by atoms with van der Waals surface area (Å²) in [5, 5.41) is 7.30. The number of fused-ring (bicyclic) bond motifs is 1. The van der Waals surface area contributed by atoms with E-state index in [1.807, 2.05) is 16.8 Å². The summed E-state index contributed by atoms with van der Waals surface area (Å²) in [5.41, 5.74) is 8.74. The lowest BCUT2D eigenvalue weighted by Gasteiger charge is -2.21. The molecule has 0 bridgehead atoms. The van der Waals surface area contributed by atoms with Gasteiger partial charge in [-0.15, -0.1) is 11.3 Å². The van der Waals surface area contributed by atoms with Crippen LogP contribution in [0, 0.1) is 13.8 Å². The van der Waals surface area contributed by atoms with Gasteiger partial charge in [0.05, 0.1) is 18.5 Å². The Bertz CT molecular complexity index is 1120. The average molecular weight is 406 g/mol. The molecule has 3 aromatic rings. The number of hydrogen-bond donors (Lipinski definition) is 0. The molecular weight excluding hydrogens is 378 g/mol. The van der Waals surface area contributed by atoms with Crippen molar-refractivity contribution in [3.63, 3.8) is 0 Å². The Kier molecular flexibility index (Phi) is 5.67. The monoisotopic (exact) mass is 405 g/mol. The van der Waals surface area contributed by atoms with Gasteiger partial charge in [-0.3, -0.25) is 4.99 Å². The molecule has 0 atom stereocenters. The molecule has 0 fully saturated rings. The van der Waals surface area contributed by atoms with Crippen LogP contribution >= 0.6 is 11.3 Å². The third kappa shape index (κ3) is 3.92. The number of methoxy groups -OCH3 is 1. The second kappa shape index (κ2) is 8.37. The molecule has 4 rings (SSSR count). The molecule has 0 unspecified atom stereocenters. The Morgan fingerprint density at radius 1 is 1.10 bits per heavy atom. The number of hydrogen-bond acceptors (Lipinski definition) is 4. The SMILES string of the molecule is CCN=c1scc(-c2ccc(OC)cc2)n1/N=C1/CCCc2c(C)cc(C)cc21. The van der Waals surface area contributed by atoms with Crippen LogP contribution in [0.15, 0.2) is 51.9 Å². The Balaban J connectivity index is 1.88. The molecule has 0 saturated heterocycles. The van der Waals surface area contributed by atoms with Gasteiger partial charge >= 0.3 is 0 Å². The maximum absolute atomic E-state index is 5.31. The van der Waals surface area contributed by atoms with Crippen LogP contribution in [-0.2, 0) is 6.42 Å². The zero-order chi connectivity index (χ0) is 20.4. The number of rotatable bonds is 4. The average Bonchev–Trinajstić information content (AvgIpc) is 3.11. The van der Waals surface area contributed by atoms with Gasteiger partial charge in [-0.25, -0.2) is 4.68 Å². The van der Waals surface area contributed by atoms with E-state index in [0.717, 1.165) is 53.3 Å². The Hall–Kier alpha value is -2.66. The van der Waals surface area contributed by atoms with Crippen molar-refractivity contribution in [3.05, 3.63) is 68.8 Å². The first kappa shape index (κ1) is 19.6. The highest BCUT2D eigenvalue weighted by molar-refractivity contribution is 7.07. The molecular formula is C24H27N3OS. The van der Waals surface area contributed by atoms with E-state index in [1.54, 1.807) is 18.4 Å². The summed E-state index contributed by atoms with van der Waals surface area (Å²) in [6.45, 7) is 7.18. The van der Waals surface area contributed by atoms with E-state index >= 15 is 0 Å². The maximum Gasteiger partial charge on any atom is 0.206 e. The highest BCUT2D eigenvalue weighted by atomic mass is 32.1. The molecule has 0 aliphatic heterocycles. The zero-order valence-electron chi connectivity index (χ0n) is 17.5. The fourth-order valence-corrected chi connectivity index (χ4v) is 4.87. The summed E-state index contributed by atoms with van der Waals surface area (Å²) < 4.78 is 7.34. The number of aromatic nitrogens is 1. The fourth-order valence-electron chi connectivity index (χ4n) is 3.98. The summed E-state index contributed by atoms with van der Waals surface area (Å²) in [5.74, 6) is 0.854. The molecule has 0 spiro atoms. The quantitative estimate of drug-likeness (QED) is 0.576. The number of aryl methyl sites for hydroxylation is 2. The molecule has 5 heteroatoms. The number of ether oxygens (including phenoxy) is 1. The van der Waals surface area contributed by atoms with Gasteiger partial charge in [0.15, 0.2) is 0 Å². The van der Waals surface area contributed by atoms with Crippen molar-refractivity contribution in [2.45, 2.75) is 40.0 Å². The van der Waals surface area contributed by atoms with Crippen LogP contribution in [0.1, 0.15) is 42.0 Å². The summed E-state index contributed by atoms with van der Waals surface area (Å²) in [6, 6.07) is 12.7. The van der Waals surface area contributed by atoms with Crippen molar-refractivity contribution in [1.82, 2.24) is 4.68 Å². The van der Waals surface area contributed by atoms with E-state index in [2.05, 4.69) is 50.4 Å². The third-order valence-electron chi connectivity index (χ3n) is 5.35. The van der Waals surface area contributed by atoms with Gasteiger partial charge in [0, 0.05) is 23.1 Å². The van der Waals surface area contributed by atoms with Gasteiger partial charge < -0.3 is 4.74 Å². The standard InChI is InChI=1S/C24H27N3OS/c1-5-25-24-27(23(15-29-24)18-9-11-19(28-4)12-10-18)26-22-8-6-7-20-17(3)13-16(2)14-21(20)22/h9-15H,5-8H2,1-4H3/b25-24?,26-22-. The Morgan fingerprint density at radius 3 is 2.62 bits per heavy atom. The minimum atomic E-state index is 0.738. The van der Waals surface area contributed by atoms with E-state index in [0.29, 0.717) is 0 Å². The van der Waals surface area contributed by atoms with Crippen LogP contribution in [0.3, 0.4) is 0 Å². The van der Waals surface area contributed by atoms with E-state index < -0.39 is 0 Å². The molecule has 150 valence electrons. The first-order valence-corrected chi connectivity index (χ1v) is 11.0. The predicted molar refractivity (Wildman–Crippen MR) is 121 cm³/mol. The van der Waals surface area contributed by atoms with Gasteiger partial charge in [-0.1, -0.05) is 11.6 Å². The summed E-state index contributed by atoms with van der Waals surface area (Å²) in [6.07, 6.45) is 3.26. The minimum Gasteiger partial charge on any atom is -0.497 e. The van der Waals surface area contributed by atoms with Gasteiger partial charge in [-0.2, -0.15) is 5.10 Å². The molecule has 1 aromatic heterocycles. The Morgan fingerprint density at radius 2 is 1.90 bits per heavy atom. The second-order valence-corrected chi connectivity index (χ2v) is 8.26. The lowest BCUT2D eigenvalue weighted by Crippen LogP contribution is -2.19. The highest BCUT2D eigenvalue weighted by Crippen LogP contribution is 2.28. The first-order valence-electron chi connectivity index (χ1n) is 10.1. The predicted octanol–water partition coefficient (Wildman–Crippen LogP) is 5.35. The number of benzene rings is 2. The molecule has 0 amide bonds. The molecule has 4 nitrogen and oxygen atoms in total. The third-order valence-corrected chi connectivity index (χ3v) is 6.21. The first-order chi connectivity index (χ1) is 14.1. The van der Waals surface area contributed by atoms with Crippen LogP contribution in [0.25, 0.3) is 11.3 Å². The van der Waals surface area contributed by atoms with Gasteiger partial charge in [0.1, 0.15) is 5.75 Å². The van der Waals surface area contributed by atoms with E-state index in [9.17, 15) is 0 Å². The second-order valence-electron chi connectivity index (χ2n) is 7.43. The fraction of sp³-hybridized carbons (Fsp3) is 0.333. The molecule has 2 aromatic carbocycles. The van der Waals surface area contributed by atoms with Crippen molar-refractivity contribution in [2.24, 2.45) is 10.1 Å². The van der Waals surface area contributed by atoms with Crippen molar-refractivity contribution < 1.29 is 4.74 Å². The normalized spacial score (nSPS) is 15.6. The topological polar surface area (TPSA) is 38.9 Å². The summed E-state index contributed by atoms with van der Waals surface area (Å²) in [7, 11) is 1.69. The molecule has 0 radical (unpaired) electrons. The summed E-state index contributed by atoms with van der Waals surface area (Å²) >= 11 is 1.64.